The maximum atomic E-state index is 12.0. The molecule has 2 aromatic carbocycles. The van der Waals surface area contributed by atoms with E-state index in [4.69, 9.17) is 4.74 Å². The van der Waals surface area contributed by atoms with Gasteiger partial charge in [0.15, 0.2) is 0 Å². The average molecular weight is 340 g/mol. The monoisotopic (exact) mass is 340 g/mol. The molecule has 0 heterocycles. The molecule has 4 heteroatoms. The second kappa shape index (κ2) is 11.3. The number of carbonyl (C=O) groups is 1. The lowest BCUT2D eigenvalue weighted by Gasteiger charge is -2.10. The molecule has 0 aromatic heterocycles. The molecule has 0 bridgehead atoms. The maximum absolute atomic E-state index is 12.0. The van der Waals surface area contributed by atoms with Crippen LogP contribution in [0, 0.1) is 0 Å². The van der Waals surface area contributed by atoms with E-state index in [1.807, 2.05) is 54.6 Å². The van der Waals surface area contributed by atoms with Crippen LogP contribution in [-0.2, 0) is 11.3 Å². The van der Waals surface area contributed by atoms with Gasteiger partial charge < -0.3 is 15.4 Å². The van der Waals surface area contributed by atoms with Crippen LogP contribution in [-0.4, -0.2) is 19.1 Å². The molecule has 0 saturated carbocycles. The van der Waals surface area contributed by atoms with Crippen molar-refractivity contribution in [3.8, 4) is 5.75 Å². The molecule has 2 rings (SSSR count). The minimum Gasteiger partial charge on any atom is -0.494 e. The maximum Gasteiger partial charge on any atom is 0.238 e. The number of hydrogen-bond acceptors (Lipinski definition) is 3. The Balaban J connectivity index is 1.70. The Kier molecular flexibility index (Phi) is 8.56. The van der Waals surface area contributed by atoms with Crippen molar-refractivity contribution in [1.29, 1.82) is 0 Å². The topological polar surface area (TPSA) is 50.4 Å². The Morgan fingerprint density at radius 3 is 2.64 bits per heavy atom. The second-order valence-electron chi connectivity index (χ2n) is 6.07. The molecule has 25 heavy (non-hydrogen) atoms. The van der Waals surface area contributed by atoms with Crippen LogP contribution in [0.2, 0.25) is 0 Å². The number of rotatable bonds is 11. The number of amides is 1. The number of nitrogens with one attached hydrogen (secondary N) is 2. The Labute approximate surface area is 150 Å². The minimum absolute atomic E-state index is 0.0592. The standard InChI is InChI=1S/C21H28N2O2/c1-2-3-4-8-14-25-20-13-9-12-19(15-20)23-21(24)17-22-16-18-10-6-5-7-11-18/h5-7,9-13,15,22H,2-4,8,14,16-17H2,1H3,(H,23,24). The van der Waals surface area contributed by atoms with Gasteiger partial charge in [0, 0.05) is 18.3 Å². The molecule has 134 valence electrons. The van der Waals surface area contributed by atoms with Gasteiger partial charge in [-0.05, 0) is 24.1 Å². The van der Waals surface area contributed by atoms with E-state index in [-0.39, 0.29) is 12.5 Å². The predicted molar refractivity (Wildman–Crippen MR) is 103 cm³/mol. The normalized spacial score (nSPS) is 10.4. The summed E-state index contributed by atoms with van der Waals surface area (Å²) in [5, 5.41) is 6.04. The van der Waals surface area contributed by atoms with E-state index in [1.54, 1.807) is 0 Å². The molecule has 1 amide bonds. The number of anilines is 1. The van der Waals surface area contributed by atoms with Crippen LogP contribution in [0.1, 0.15) is 38.2 Å². The molecule has 2 N–H and O–H groups in total. The first-order chi connectivity index (χ1) is 12.3. The van der Waals surface area contributed by atoms with E-state index >= 15 is 0 Å². The van der Waals surface area contributed by atoms with Gasteiger partial charge >= 0.3 is 0 Å². The summed E-state index contributed by atoms with van der Waals surface area (Å²) in [6.45, 7) is 3.87. The van der Waals surface area contributed by atoms with Crippen molar-refractivity contribution in [3.05, 3.63) is 60.2 Å². The van der Waals surface area contributed by atoms with Crippen molar-refractivity contribution in [2.24, 2.45) is 0 Å². The summed E-state index contributed by atoms with van der Waals surface area (Å²) in [6.07, 6.45) is 4.73. The molecule has 0 atom stereocenters. The summed E-state index contributed by atoms with van der Waals surface area (Å²) in [5.74, 6) is 0.738. The molecule has 0 aliphatic heterocycles. The van der Waals surface area contributed by atoms with E-state index in [9.17, 15) is 4.79 Å². The first-order valence-electron chi connectivity index (χ1n) is 9.05. The van der Waals surface area contributed by atoms with Gasteiger partial charge in [-0.1, -0.05) is 62.6 Å². The van der Waals surface area contributed by atoms with Crippen molar-refractivity contribution in [2.75, 3.05) is 18.5 Å². The van der Waals surface area contributed by atoms with Crippen molar-refractivity contribution in [2.45, 2.75) is 39.2 Å². The van der Waals surface area contributed by atoms with Crippen LogP contribution < -0.4 is 15.4 Å². The smallest absolute Gasteiger partial charge is 0.238 e. The number of unbranched alkanes of at least 4 members (excludes halogenated alkanes) is 3. The van der Waals surface area contributed by atoms with Crippen LogP contribution in [0.3, 0.4) is 0 Å². The van der Waals surface area contributed by atoms with Gasteiger partial charge in [-0.3, -0.25) is 4.79 Å². The molecule has 0 spiro atoms. The Hall–Kier alpha value is -2.33. The molecule has 0 saturated heterocycles. The lowest BCUT2D eigenvalue weighted by atomic mass is 10.2. The highest BCUT2D eigenvalue weighted by atomic mass is 16.5. The van der Waals surface area contributed by atoms with Gasteiger partial charge in [0.2, 0.25) is 5.91 Å². The van der Waals surface area contributed by atoms with Crippen molar-refractivity contribution >= 4 is 11.6 Å². The summed E-state index contributed by atoms with van der Waals surface area (Å²) in [4.78, 5) is 12.0. The van der Waals surface area contributed by atoms with Crippen LogP contribution in [0.5, 0.6) is 5.75 Å². The van der Waals surface area contributed by atoms with Gasteiger partial charge in [0.25, 0.3) is 0 Å². The van der Waals surface area contributed by atoms with Gasteiger partial charge in [-0.2, -0.15) is 0 Å². The zero-order valence-electron chi connectivity index (χ0n) is 15.0. The molecule has 0 fully saturated rings. The highest BCUT2D eigenvalue weighted by Crippen LogP contribution is 2.17. The highest BCUT2D eigenvalue weighted by Gasteiger charge is 2.03. The minimum atomic E-state index is -0.0592. The fourth-order valence-corrected chi connectivity index (χ4v) is 2.50. The number of hydrogen-bond donors (Lipinski definition) is 2. The van der Waals surface area contributed by atoms with Crippen molar-refractivity contribution < 1.29 is 9.53 Å². The van der Waals surface area contributed by atoms with Crippen LogP contribution >= 0.6 is 0 Å². The van der Waals surface area contributed by atoms with E-state index < -0.39 is 0 Å². The van der Waals surface area contributed by atoms with Crippen LogP contribution in [0.15, 0.2) is 54.6 Å². The first-order valence-corrected chi connectivity index (χ1v) is 9.05. The Morgan fingerprint density at radius 1 is 1.00 bits per heavy atom. The first kappa shape index (κ1) is 19.0. The summed E-state index contributed by atoms with van der Waals surface area (Å²) in [6, 6.07) is 17.6. The van der Waals surface area contributed by atoms with E-state index in [2.05, 4.69) is 17.6 Å². The Bertz CT molecular complexity index is 629. The van der Waals surface area contributed by atoms with E-state index in [1.165, 1.54) is 19.3 Å². The SMILES string of the molecule is CCCCCCOc1cccc(NC(=O)CNCc2ccccc2)c1. The lowest BCUT2D eigenvalue weighted by Crippen LogP contribution is -2.27. The number of carbonyl (C=O) groups excluding carboxylic acids is 1. The van der Waals surface area contributed by atoms with Gasteiger partial charge in [-0.25, -0.2) is 0 Å². The largest absolute Gasteiger partial charge is 0.494 e. The summed E-state index contributed by atoms with van der Waals surface area (Å²) in [5.41, 5.74) is 1.92. The predicted octanol–water partition coefficient (Wildman–Crippen LogP) is 4.37. The van der Waals surface area contributed by atoms with E-state index in [0.29, 0.717) is 6.54 Å². The molecule has 0 unspecified atom stereocenters. The van der Waals surface area contributed by atoms with Gasteiger partial charge in [-0.15, -0.1) is 0 Å². The Morgan fingerprint density at radius 2 is 1.84 bits per heavy atom. The number of benzene rings is 2. The van der Waals surface area contributed by atoms with Crippen molar-refractivity contribution in [3.63, 3.8) is 0 Å². The van der Waals surface area contributed by atoms with Crippen LogP contribution in [0.4, 0.5) is 5.69 Å². The van der Waals surface area contributed by atoms with Gasteiger partial charge in [0.1, 0.15) is 5.75 Å². The molecule has 2 aromatic rings. The molecule has 4 nitrogen and oxygen atoms in total. The average Bonchev–Trinajstić information content (AvgIpc) is 2.63. The fraction of sp³-hybridized carbons (Fsp3) is 0.381. The molecule has 0 radical (unpaired) electrons. The van der Waals surface area contributed by atoms with Crippen molar-refractivity contribution in [1.82, 2.24) is 5.32 Å². The second-order valence-corrected chi connectivity index (χ2v) is 6.07. The zero-order valence-corrected chi connectivity index (χ0v) is 15.0. The molecule has 0 aliphatic rings. The summed E-state index contributed by atoms with van der Waals surface area (Å²) in [7, 11) is 0. The van der Waals surface area contributed by atoms with Crippen LogP contribution in [0.25, 0.3) is 0 Å². The third kappa shape index (κ3) is 7.86. The zero-order chi connectivity index (χ0) is 17.7. The molecular weight excluding hydrogens is 312 g/mol. The molecular formula is C21H28N2O2. The van der Waals surface area contributed by atoms with Gasteiger partial charge in [0.05, 0.1) is 13.2 Å². The van der Waals surface area contributed by atoms with E-state index in [0.717, 1.165) is 30.0 Å². The summed E-state index contributed by atoms with van der Waals surface area (Å²) >= 11 is 0. The molecule has 0 aliphatic carbocycles. The summed E-state index contributed by atoms with van der Waals surface area (Å²) < 4.78 is 5.75. The lowest BCUT2D eigenvalue weighted by molar-refractivity contribution is -0.115. The number of ether oxygens (including phenoxy) is 1. The quantitative estimate of drug-likeness (QED) is 0.597. The highest BCUT2D eigenvalue weighted by molar-refractivity contribution is 5.92. The fourth-order valence-electron chi connectivity index (χ4n) is 2.50. The third-order valence-corrected chi connectivity index (χ3v) is 3.84. The third-order valence-electron chi connectivity index (χ3n) is 3.84.